The summed E-state index contributed by atoms with van der Waals surface area (Å²) in [6, 6.07) is 0. The van der Waals surface area contributed by atoms with Gasteiger partial charge in [-0.2, -0.15) is 0 Å². The highest BCUT2D eigenvalue weighted by Gasteiger charge is 2.55. The first-order valence-electron chi connectivity index (χ1n) is 9.21. The van der Waals surface area contributed by atoms with Crippen LogP contribution in [0.5, 0.6) is 0 Å². The van der Waals surface area contributed by atoms with Crippen molar-refractivity contribution in [2.75, 3.05) is 0 Å². The summed E-state index contributed by atoms with van der Waals surface area (Å²) in [5, 5.41) is 1.63. The van der Waals surface area contributed by atoms with Crippen LogP contribution in [0, 0.1) is 29.1 Å². The fraction of sp³-hybridized carbons (Fsp3) is 0.750. The van der Waals surface area contributed by atoms with E-state index in [0.717, 1.165) is 35.6 Å². The number of ketones is 1. The largest absolute Gasteiger partial charge is 0.293 e. The van der Waals surface area contributed by atoms with Crippen molar-refractivity contribution in [3.8, 4) is 0 Å². The molecule has 4 unspecified atom stereocenters. The molecule has 5 atom stereocenters. The minimum atomic E-state index is 0.181. The van der Waals surface area contributed by atoms with Gasteiger partial charge in [0, 0.05) is 11.5 Å². The van der Waals surface area contributed by atoms with E-state index < -0.39 is 0 Å². The molecule has 3 fully saturated rings. The zero-order valence-corrected chi connectivity index (χ0v) is 15.6. The maximum atomic E-state index is 11.9. The third-order valence-electron chi connectivity index (χ3n) is 7.61. The van der Waals surface area contributed by atoms with Gasteiger partial charge in [0.15, 0.2) is 5.78 Å². The minimum Gasteiger partial charge on any atom is -0.293 e. The van der Waals surface area contributed by atoms with Crippen LogP contribution in [0.1, 0.15) is 65.2 Å². The summed E-state index contributed by atoms with van der Waals surface area (Å²) < 4.78 is 0. The summed E-state index contributed by atoms with van der Waals surface area (Å²) in [4.78, 5) is 11.9. The van der Waals surface area contributed by atoms with E-state index in [-0.39, 0.29) is 5.78 Å². The molecule has 126 valence electrons. The summed E-state index contributed by atoms with van der Waals surface area (Å²) in [5.41, 5.74) is 3.15. The van der Waals surface area contributed by atoms with Crippen LogP contribution in [-0.4, -0.2) is 5.78 Å². The molecule has 0 radical (unpaired) electrons. The third kappa shape index (κ3) is 2.29. The first kappa shape index (κ1) is 16.2. The van der Waals surface area contributed by atoms with Crippen LogP contribution in [0.4, 0.5) is 0 Å². The molecule has 0 N–H and O–H groups in total. The molecule has 0 aliphatic heterocycles. The van der Waals surface area contributed by atoms with Crippen LogP contribution in [-0.2, 0) is 4.79 Å². The van der Waals surface area contributed by atoms with Crippen molar-refractivity contribution >= 4 is 29.0 Å². The Labute approximate surface area is 149 Å². The van der Waals surface area contributed by atoms with Gasteiger partial charge in [0.05, 0.1) is 5.03 Å². The summed E-state index contributed by atoms with van der Waals surface area (Å²) >= 11 is 12.8. The Morgan fingerprint density at radius 1 is 1.09 bits per heavy atom. The first-order chi connectivity index (χ1) is 10.9. The third-order valence-corrected chi connectivity index (χ3v) is 8.29. The van der Waals surface area contributed by atoms with Crippen LogP contribution < -0.4 is 0 Å². The zero-order valence-electron chi connectivity index (χ0n) is 14.1. The molecule has 0 aromatic heterocycles. The molecule has 0 aromatic rings. The van der Waals surface area contributed by atoms with Crippen LogP contribution >= 0.6 is 23.2 Å². The standard InChI is InChI=1S/C20H26Cl2O/c1-11(21)16-6-7-17-14-3-4-15-12(5-8-18(23)19(15)22)13(14)9-10-20(16,17)2/h12-14,17H,3-10H2,1-2H3/b16-11-/t12?,13?,14?,17?,20-/m1/s1. The predicted octanol–water partition coefficient (Wildman–Crippen LogP) is 6.21. The Kier molecular flexibility index (Phi) is 3.97. The van der Waals surface area contributed by atoms with E-state index >= 15 is 0 Å². The highest BCUT2D eigenvalue weighted by Crippen LogP contribution is 2.64. The maximum absolute atomic E-state index is 11.9. The van der Waals surface area contributed by atoms with Crippen molar-refractivity contribution in [3.63, 3.8) is 0 Å². The van der Waals surface area contributed by atoms with E-state index in [2.05, 4.69) is 13.8 Å². The molecule has 0 amide bonds. The summed E-state index contributed by atoms with van der Waals surface area (Å²) in [5.74, 6) is 3.08. The molecule has 3 heteroatoms. The fourth-order valence-corrected chi connectivity index (χ4v) is 7.25. The molecule has 0 aromatic carbocycles. The molecule has 4 rings (SSSR count). The topological polar surface area (TPSA) is 17.1 Å². The van der Waals surface area contributed by atoms with Crippen LogP contribution in [0.2, 0.25) is 0 Å². The average molecular weight is 353 g/mol. The number of carbonyl (C=O) groups is 1. The Morgan fingerprint density at radius 3 is 2.61 bits per heavy atom. The van der Waals surface area contributed by atoms with Gasteiger partial charge in [0.2, 0.25) is 0 Å². The van der Waals surface area contributed by atoms with Crippen molar-refractivity contribution in [2.45, 2.75) is 65.2 Å². The van der Waals surface area contributed by atoms with E-state index in [9.17, 15) is 4.79 Å². The lowest BCUT2D eigenvalue weighted by Crippen LogP contribution is -2.45. The smallest absolute Gasteiger partial charge is 0.174 e. The van der Waals surface area contributed by atoms with Crippen molar-refractivity contribution in [1.29, 1.82) is 0 Å². The van der Waals surface area contributed by atoms with Gasteiger partial charge in [-0.1, -0.05) is 30.1 Å². The van der Waals surface area contributed by atoms with Gasteiger partial charge in [0.25, 0.3) is 0 Å². The molecule has 0 bridgehead atoms. The van der Waals surface area contributed by atoms with Crippen LogP contribution in [0.25, 0.3) is 0 Å². The second kappa shape index (κ2) is 5.63. The Balaban J connectivity index is 1.67. The molecule has 0 heterocycles. The van der Waals surface area contributed by atoms with E-state index in [1.54, 1.807) is 0 Å². The Hall–Kier alpha value is -0.270. The molecule has 4 aliphatic carbocycles. The lowest BCUT2D eigenvalue weighted by atomic mass is 9.52. The molecule has 4 aliphatic rings. The highest BCUT2D eigenvalue weighted by molar-refractivity contribution is 6.43. The first-order valence-corrected chi connectivity index (χ1v) is 9.96. The van der Waals surface area contributed by atoms with E-state index in [1.807, 2.05) is 0 Å². The summed E-state index contributed by atoms with van der Waals surface area (Å²) in [6.07, 6.45) is 8.97. The van der Waals surface area contributed by atoms with E-state index in [4.69, 9.17) is 23.2 Å². The van der Waals surface area contributed by atoms with Gasteiger partial charge in [-0.05, 0) is 92.1 Å². The molecular formula is C20H26Cl2O. The second-order valence-corrected chi connectivity index (χ2v) is 9.33. The molecule has 3 saturated carbocycles. The van der Waals surface area contributed by atoms with Crippen LogP contribution in [0.3, 0.4) is 0 Å². The minimum absolute atomic E-state index is 0.181. The number of Topliss-reactive ketones (excluding diaryl/α,β-unsaturated/α-hetero) is 1. The zero-order chi connectivity index (χ0) is 16.4. The Morgan fingerprint density at radius 2 is 1.87 bits per heavy atom. The second-order valence-electron chi connectivity index (χ2n) is 8.39. The number of carbonyl (C=O) groups excluding carboxylic acids is 1. The molecule has 0 spiro atoms. The number of fused-ring (bicyclic) bond motifs is 5. The number of hydrogen-bond donors (Lipinski definition) is 0. The fourth-order valence-electron chi connectivity index (χ4n) is 6.61. The monoisotopic (exact) mass is 352 g/mol. The number of halogens is 2. The van der Waals surface area contributed by atoms with Gasteiger partial charge in [0.1, 0.15) is 0 Å². The van der Waals surface area contributed by atoms with Crippen LogP contribution in [0.15, 0.2) is 21.2 Å². The van der Waals surface area contributed by atoms with E-state index in [1.165, 1.54) is 43.3 Å². The molecular weight excluding hydrogens is 327 g/mol. The summed E-state index contributed by atoms with van der Waals surface area (Å²) in [7, 11) is 0. The maximum Gasteiger partial charge on any atom is 0.174 e. The van der Waals surface area contributed by atoms with Gasteiger partial charge >= 0.3 is 0 Å². The molecule has 0 saturated heterocycles. The van der Waals surface area contributed by atoms with Gasteiger partial charge in [-0.3, -0.25) is 4.79 Å². The normalized spacial score (nSPS) is 45.5. The number of rotatable bonds is 0. The average Bonchev–Trinajstić information content (AvgIpc) is 2.88. The number of hydrogen-bond acceptors (Lipinski definition) is 1. The van der Waals surface area contributed by atoms with Gasteiger partial charge in [-0.15, -0.1) is 0 Å². The SMILES string of the molecule is C/C(Cl)=C1\CCC2C3CCC4=C(Cl)C(=O)CCC4C3CC[C@]12C. The number of allylic oxidation sites excluding steroid dienone is 3. The quantitative estimate of drug-likeness (QED) is 0.506. The molecule has 1 nitrogen and oxygen atoms in total. The van der Waals surface area contributed by atoms with Crippen molar-refractivity contribution < 1.29 is 4.79 Å². The lowest BCUT2D eigenvalue weighted by molar-refractivity contribution is -0.116. The molecule has 23 heavy (non-hydrogen) atoms. The van der Waals surface area contributed by atoms with Gasteiger partial charge in [-0.25, -0.2) is 0 Å². The van der Waals surface area contributed by atoms with E-state index in [0.29, 0.717) is 22.8 Å². The summed E-state index contributed by atoms with van der Waals surface area (Å²) in [6.45, 7) is 4.54. The highest BCUT2D eigenvalue weighted by atomic mass is 35.5. The van der Waals surface area contributed by atoms with Crippen molar-refractivity contribution in [2.24, 2.45) is 29.1 Å². The predicted molar refractivity (Wildman–Crippen MR) is 95.4 cm³/mol. The van der Waals surface area contributed by atoms with Crippen molar-refractivity contribution in [3.05, 3.63) is 21.2 Å². The lowest BCUT2D eigenvalue weighted by Gasteiger charge is -2.53. The van der Waals surface area contributed by atoms with Gasteiger partial charge < -0.3 is 0 Å². The van der Waals surface area contributed by atoms with Crippen molar-refractivity contribution in [1.82, 2.24) is 0 Å². The Bertz CT molecular complexity index is 613.